The summed E-state index contributed by atoms with van der Waals surface area (Å²) in [6.07, 6.45) is 0. The molecule has 1 aromatic carbocycles. The van der Waals surface area contributed by atoms with E-state index in [2.05, 4.69) is 10.3 Å². The van der Waals surface area contributed by atoms with Gasteiger partial charge >= 0.3 is 0 Å². The molecule has 0 atom stereocenters. The van der Waals surface area contributed by atoms with Gasteiger partial charge in [0, 0.05) is 6.04 Å². The standard InChI is InChI=1S/C16H20N2O2S/c1-10(2)17-16(19)15-12(4)18-14(21-15)9-20-13-7-5-11(3)6-8-13/h5-8,10H,9H2,1-4H3,(H,17,19). The van der Waals surface area contributed by atoms with Crippen LogP contribution in [0.4, 0.5) is 0 Å². The smallest absolute Gasteiger partial charge is 0.263 e. The highest BCUT2D eigenvalue weighted by atomic mass is 32.1. The Bertz CT molecular complexity index is 618. The van der Waals surface area contributed by atoms with Gasteiger partial charge in [0.25, 0.3) is 5.91 Å². The number of aryl methyl sites for hydroxylation is 2. The summed E-state index contributed by atoms with van der Waals surface area (Å²) in [7, 11) is 0. The molecular weight excluding hydrogens is 284 g/mol. The Kier molecular flexibility index (Phi) is 4.96. The first-order valence-electron chi connectivity index (χ1n) is 6.92. The number of amides is 1. The summed E-state index contributed by atoms with van der Waals surface area (Å²) in [5, 5.41) is 3.69. The maximum atomic E-state index is 12.0. The fourth-order valence-corrected chi connectivity index (χ4v) is 2.71. The van der Waals surface area contributed by atoms with E-state index in [4.69, 9.17) is 4.74 Å². The molecule has 1 aromatic heterocycles. The summed E-state index contributed by atoms with van der Waals surface area (Å²) in [5.74, 6) is 0.739. The van der Waals surface area contributed by atoms with Crippen molar-refractivity contribution in [1.82, 2.24) is 10.3 Å². The van der Waals surface area contributed by atoms with E-state index >= 15 is 0 Å². The Morgan fingerprint density at radius 2 is 1.95 bits per heavy atom. The van der Waals surface area contributed by atoms with Crippen LogP contribution in [0.15, 0.2) is 24.3 Å². The van der Waals surface area contributed by atoms with E-state index in [-0.39, 0.29) is 11.9 Å². The van der Waals surface area contributed by atoms with Crippen LogP contribution in [0.1, 0.15) is 39.8 Å². The normalized spacial score (nSPS) is 10.7. The molecule has 0 radical (unpaired) electrons. The fourth-order valence-electron chi connectivity index (χ4n) is 1.83. The van der Waals surface area contributed by atoms with Crippen molar-refractivity contribution in [3.8, 4) is 5.75 Å². The van der Waals surface area contributed by atoms with Gasteiger partial charge < -0.3 is 10.1 Å². The van der Waals surface area contributed by atoms with Gasteiger partial charge in [-0.3, -0.25) is 4.79 Å². The third-order valence-corrected chi connectivity index (χ3v) is 3.98. The van der Waals surface area contributed by atoms with Crippen molar-refractivity contribution in [1.29, 1.82) is 0 Å². The topological polar surface area (TPSA) is 51.2 Å². The summed E-state index contributed by atoms with van der Waals surface area (Å²) >= 11 is 1.38. The molecule has 0 aliphatic heterocycles. The summed E-state index contributed by atoms with van der Waals surface area (Å²) < 4.78 is 5.69. The van der Waals surface area contributed by atoms with Crippen LogP contribution in [0.5, 0.6) is 5.75 Å². The average molecular weight is 304 g/mol. The molecule has 0 aliphatic carbocycles. The van der Waals surface area contributed by atoms with Gasteiger partial charge in [0.15, 0.2) is 0 Å². The van der Waals surface area contributed by atoms with E-state index in [0.29, 0.717) is 11.5 Å². The lowest BCUT2D eigenvalue weighted by molar-refractivity contribution is 0.0946. The second-order valence-electron chi connectivity index (χ2n) is 5.25. The molecule has 0 saturated heterocycles. The van der Waals surface area contributed by atoms with Gasteiger partial charge in [-0.2, -0.15) is 0 Å². The molecule has 4 nitrogen and oxygen atoms in total. The highest BCUT2D eigenvalue weighted by Gasteiger charge is 2.16. The minimum absolute atomic E-state index is 0.0680. The summed E-state index contributed by atoms with van der Waals surface area (Å²) in [6, 6.07) is 7.99. The van der Waals surface area contributed by atoms with Crippen LogP contribution in [0, 0.1) is 13.8 Å². The number of rotatable bonds is 5. The summed E-state index contributed by atoms with van der Waals surface area (Å²) in [4.78, 5) is 17.1. The highest BCUT2D eigenvalue weighted by molar-refractivity contribution is 7.13. The number of hydrogen-bond acceptors (Lipinski definition) is 4. The first-order chi connectivity index (χ1) is 9.95. The van der Waals surface area contributed by atoms with E-state index in [0.717, 1.165) is 16.5 Å². The molecule has 0 saturated carbocycles. The van der Waals surface area contributed by atoms with Gasteiger partial charge in [0.1, 0.15) is 22.2 Å². The average Bonchev–Trinajstić information content (AvgIpc) is 2.79. The number of carbonyl (C=O) groups is 1. The lowest BCUT2D eigenvalue weighted by Crippen LogP contribution is -2.29. The summed E-state index contributed by atoms with van der Waals surface area (Å²) in [6.45, 7) is 8.14. The molecule has 1 heterocycles. The van der Waals surface area contributed by atoms with Gasteiger partial charge in [0.05, 0.1) is 5.69 Å². The number of carbonyl (C=O) groups excluding carboxylic acids is 1. The quantitative estimate of drug-likeness (QED) is 0.920. The van der Waals surface area contributed by atoms with Crippen molar-refractivity contribution in [3.63, 3.8) is 0 Å². The van der Waals surface area contributed by atoms with Crippen LogP contribution in [-0.2, 0) is 6.61 Å². The SMILES string of the molecule is Cc1ccc(OCc2nc(C)c(C(=O)NC(C)C)s2)cc1. The molecule has 1 amide bonds. The third-order valence-electron chi connectivity index (χ3n) is 2.85. The molecule has 0 spiro atoms. The minimum atomic E-state index is -0.0680. The van der Waals surface area contributed by atoms with Crippen molar-refractivity contribution in [2.45, 2.75) is 40.3 Å². The minimum Gasteiger partial charge on any atom is -0.486 e. The second kappa shape index (κ2) is 6.72. The predicted octanol–water partition coefficient (Wildman–Crippen LogP) is 3.48. The Morgan fingerprint density at radius 3 is 2.57 bits per heavy atom. The van der Waals surface area contributed by atoms with Crippen molar-refractivity contribution in [2.75, 3.05) is 0 Å². The Morgan fingerprint density at radius 1 is 1.29 bits per heavy atom. The van der Waals surface area contributed by atoms with Gasteiger partial charge in [0.2, 0.25) is 0 Å². The van der Waals surface area contributed by atoms with E-state index < -0.39 is 0 Å². The Hall–Kier alpha value is -1.88. The largest absolute Gasteiger partial charge is 0.486 e. The molecule has 0 fully saturated rings. The van der Waals surface area contributed by atoms with Crippen molar-refractivity contribution in [2.24, 2.45) is 0 Å². The number of hydrogen-bond donors (Lipinski definition) is 1. The van der Waals surface area contributed by atoms with Crippen molar-refractivity contribution < 1.29 is 9.53 Å². The van der Waals surface area contributed by atoms with Crippen LogP contribution in [-0.4, -0.2) is 16.9 Å². The number of aromatic nitrogens is 1. The van der Waals surface area contributed by atoms with Crippen LogP contribution in [0.3, 0.4) is 0 Å². The molecule has 112 valence electrons. The maximum absolute atomic E-state index is 12.0. The predicted molar refractivity (Wildman–Crippen MR) is 85.0 cm³/mol. The van der Waals surface area contributed by atoms with Gasteiger partial charge in [-0.25, -0.2) is 4.98 Å². The van der Waals surface area contributed by atoms with E-state index in [1.165, 1.54) is 16.9 Å². The zero-order chi connectivity index (χ0) is 15.4. The molecule has 0 unspecified atom stereocenters. The van der Waals surface area contributed by atoms with Gasteiger partial charge in [-0.15, -0.1) is 11.3 Å². The molecule has 21 heavy (non-hydrogen) atoms. The number of nitrogens with zero attached hydrogens (tertiary/aromatic N) is 1. The van der Waals surface area contributed by atoms with E-state index in [1.807, 2.05) is 52.0 Å². The van der Waals surface area contributed by atoms with Gasteiger partial charge in [-0.1, -0.05) is 17.7 Å². The van der Waals surface area contributed by atoms with E-state index in [1.54, 1.807) is 0 Å². The van der Waals surface area contributed by atoms with E-state index in [9.17, 15) is 4.79 Å². The van der Waals surface area contributed by atoms with Crippen LogP contribution in [0.2, 0.25) is 0 Å². The van der Waals surface area contributed by atoms with Crippen LogP contribution >= 0.6 is 11.3 Å². The van der Waals surface area contributed by atoms with Crippen molar-refractivity contribution in [3.05, 3.63) is 45.4 Å². The fraction of sp³-hybridized carbons (Fsp3) is 0.375. The van der Waals surface area contributed by atoms with Gasteiger partial charge in [-0.05, 0) is 39.8 Å². The Labute approximate surface area is 129 Å². The zero-order valence-electron chi connectivity index (χ0n) is 12.8. The Balaban J connectivity index is 2.01. The number of thiazole rings is 1. The number of ether oxygens (including phenoxy) is 1. The highest BCUT2D eigenvalue weighted by Crippen LogP contribution is 2.20. The monoisotopic (exact) mass is 304 g/mol. The molecule has 2 rings (SSSR count). The molecular formula is C16H20N2O2S. The third kappa shape index (κ3) is 4.29. The zero-order valence-corrected chi connectivity index (χ0v) is 13.6. The summed E-state index contributed by atoms with van der Waals surface area (Å²) in [5.41, 5.74) is 1.95. The first kappa shape index (κ1) is 15.5. The second-order valence-corrected chi connectivity index (χ2v) is 6.34. The molecule has 5 heteroatoms. The molecule has 0 aliphatic rings. The lowest BCUT2D eigenvalue weighted by Gasteiger charge is -2.06. The molecule has 1 N–H and O–H groups in total. The molecule has 0 bridgehead atoms. The van der Waals surface area contributed by atoms with Crippen molar-refractivity contribution >= 4 is 17.2 Å². The maximum Gasteiger partial charge on any atom is 0.263 e. The first-order valence-corrected chi connectivity index (χ1v) is 7.74. The lowest BCUT2D eigenvalue weighted by atomic mass is 10.2. The number of nitrogens with one attached hydrogen (secondary N) is 1. The number of benzene rings is 1. The van der Waals surface area contributed by atoms with Crippen LogP contribution in [0.25, 0.3) is 0 Å². The van der Waals surface area contributed by atoms with Crippen LogP contribution < -0.4 is 10.1 Å². The molecule has 2 aromatic rings.